The Bertz CT molecular complexity index is 1170. The third kappa shape index (κ3) is 3.92. The number of nitrogens with zero attached hydrogens (tertiary/aromatic N) is 4. The van der Waals surface area contributed by atoms with Gasteiger partial charge in [-0.2, -0.15) is 10.2 Å². The van der Waals surface area contributed by atoms with E-state index in [0.29, 0.717) is 27.9 Å². The Morgan fingerprint density at radius 2 is 1.97 bits per heavy atom. The van der Waals surface area contributed by atoms with Gasteiger partial charge in [0.2, 0.25) is 5.91 Å². The van der Waals surface area contributed by atoms with Crippen LogP contribution in [0.4, 0.5) is 4.39 Å². The topological polar surface area (TPSA) is 91.0 Å². The number of carbonyl (C=O) groups excluding carboxylic acids is 1. The normalized spacial score (nSPS) is 12.4. The first-order chi connectivity index (χ1) is 14.1. The second-order valence-electron chi connectivity index (χ2n) is 7.62. The molecule has 1 atom stereocenters. The molecule has 0 aliphatic rings. The fraction of sp³-hybridized carbons (Fsp3) is 0.429. The minimum absolute atomic E-state index is 0.0514. The van der Waals surface area contributed by atoms with E-state index in [9.17, 15) is 14.0 Å². The number of aryl methyl sites for hydroxylation is 2. The summed E-state index contributed by atoms with van der Waals surface area (Å²) in [6, 6.07) is 4.04. The first-order valence-corrected chi connectivity index (χ1v) is 9.71. The number of methoxy groups -OCH3 is 1. The average Bonchev–Trinajstić information content (AvgIpc) is 3.04. The van der Waals surface area contributed by atoms with Gasteiger partial charge in [-0.3, -0.25) is 14.3 Å². The number of fused-ring (bicyclic) bond motifs is 1. The van der Waals surface area contributed by atoms with Crippen LogP contribution in [0.2, 0.25) is 0 Å². The molecule has 0 saturated heterocycles. The molecule has 2 aromatic heterocycles. The highest BCUT2D eigenvalue weighted by Gasteiger charge is 2.21. The molecule has 1 amide bonds. The lowest BCUT2D eigenvalue weighted by Gasteiger charge is -2.16. The molecular weight excluding hydrogens is 389 g/mol. The molecule has 30 heavy (non-hydrogen) atoms. The van der Waals surface area contributed by atoms with Gasteiger partial charge in [0.05, 0.1) is 35.4 Å². The van der Waals surface area contributed by atoms with Crippen LogP contribution in [0.15, 0.2) is 23.0 Å². The lowest BCUT2D eigenvalue weighted by Crippen LogP contribution is -2.35. The molecule has 0 bridgehead atoms. The minimum Gasteiger partial charge on any atom is -0.494 e. The Labute approximate surface area is 173 Å². The summed E-state index contributed by atoms with van der Waals surface area (Å²) in [5.41, 5.74) is 2.19. The van der Waals surface area contributed by atoms with Crippen molar-refractivity contribution < 1.29 is 13.9 Å². The second kappa shape index (κ2) is 8.25. The molecule has 160 valence electrons. The summed E-state index contributed by atoms with van der Waals surface area (Å²) in [5, 5.41) is 12.0. The number of amides is 1. The largest absolute Gasteiger partial charge is 0.494 e. The monoisotopic (exact) mass is 415 g/mol. The molecule has 0 aliphatic heterocycles. The molecule has 1 N–H and O–H groups in total. The zero-order chi connectivity index (χ0) is 22.2. The standard InChI is InChI=1S/C21H26FN5O3/c1-11(2)19-18-20(26(5)25-19)13(4)24-27(21(18)29)10-17(28)23-12(3)14-7-8-16(30-6)15(22)9-14/h7-9,11-12H,10H2,1-6H3,(H,23,28). The van der Waals surface area contributed by atoms with E-state index in [1.807, 2.05) is 13.8 Å². The predicted molar refractivity (Wildman–Crippen MR) is 111 cm³/mol. The molecule has 8 nitrogen and oxygen atoms in total. The van der Waals surface area contributed by atoms with Crippen molar-refractivity contribution in [3.05, 3.63) is 51.3 Å². The van der Waals surface area contributed by atoms with E-state index in [4.69, 9.17) is 4.74 Å². The van der Waals surface area contributed by atoms with Gasteiger partial charge in [-0.15, -0.1) is 0 Å². The highest BCUT2D eigenvalue weighted by molar-refractivity contribution is 5.83. The first-order valence-electron chi connectivity index (χ1n) is 9.71. The Morgan fingerprint density at radius 1 is 1.27 bits per heavy atom. The van der Waals surface area contributed by atoms with Crippen molar-refractivity contribution in [1.29, 1.82) is 0 Å². The molecule has 1 aromatic carbocycles. The van der Waals surface area contributed by atoms with Crippen molar-refractivity contribution >= 4 is 16.8 Å². The van der Waals surface area contributed by atoms with Gasteiger partial charge < -0.3 is 10.1 Å². The van der Waals surface area contributed by atoms with Crippen molar-refractivity contribution in [1.82, 2.24) is 24.9 Å². The maximum absolute atomic E-state index is 13.9. The molecule has 3 aromatic rings. The summed E-state index contributed by atoms with van der Waals surface area (Å²) >= 11 is 0. The Morgan fingerprint density at radius 3 is 2.57 bits per heavy atom. The number of benzene rings is 1. The van der Waals surface area contributed by atoms with E-state index in [2.05, 4.69) is 15.5 Å². The van der Waals surface area contributed by atoms with Crippen LogP contribution in [-0.2, 0) is 18.4 Å². The molecule has 0 saturated carbocycles. The maximum atomic E-state index is 13.9. The third-order valence-corrected chi connectivity index (χ3v) is 5.03. The molecule has 1 unspecified atom stereocenters. The number of ether oxygens (including phenoxy) is 1. The van der Waals surface area contributed by atoms with E-state index in [1.165, 1.54) is 19.2 Å². The van der Waals surface area contributed by atoms with Gasteiger partial charge in [0.1, 0.15) is 6.54 Å². The van der Waals surface area contributed by atoms with Gasteiger partial charge >= 0.3 is 0 Å². The number of carbonyl (C=O) groups is 1. The van der Waals surface area contributed by atoms with E-state index in [0.717, 1.165) is 4.68 Å². The summed E-state index contributed by atoms with van der Waals surface area (Å²) < 4.78 is 21.7. The van der Waals surface area contributed by atoms with Gasteiger partial charge in [-0.1, -0.05) is 19.9 Å². The average molecular weight is 415 g/mol. The van der Waals surface area contributed by atoms with Crippen LogP contribution in [0.25, 0.3) is 10.9 Å². The molecule has 2 heterocycles. The van der Waals surface area contributed by atoms with Crippen LogP contribution in [0.5, 0.6) is 5.75 Å². The second-order valence-corrected chi connectivity index (χ2v) is 7.62. The van der Waals surface area contributed by atoms with E-state index >= 15 is 0 Å². The highest BCUT2D eigenvalue weighted by Crippen LogP contribution is 2.23. The fourth-order valence-corrected chi connectivity index (χ4v) is 3.54. The van der Waals surface area contributed by atoms with Crippen LogP contribution in [0, 0.1) is 12.7 Å². The minimum atomic E-state index is -0.507. The quantitative estimate of drug-likeness (QED) is 0.668. The fourth-order valence-electron chi connectivity index (χ4n) is 3.54. The van der Waals surface area contributed by atoms with Crippen LogP contribution >= 0.6 is 0 Å². The van der Waals surface area contributed by atoms with Crippen molar-refractivity contribution in [3.8, 4) is 5.75 Å². The third-order valence-electron chi connectivity index (χ3n) is 5.03. The van der Waals surface area contributed by atoms with Crippen LogP contribution < -0.4 is 15.6 Å². The van der Waals surface area contributed by atoms with Crippen molar-refractivity contribution in [3.63, 3.8) is 0 Å². The summed E-state index contributed by atoms with van der Waals surface area (Å²) in [6.45, 7) is 7.20. The maximum Gasteiger partial charge on any atom is 0.278 e. The van der Waals surface area contributed by atoms with E-state index in [-0.39, 0.29) is 23.8 Å². The summed E-state index contributed by atoms with van der Waals surface area (Å²) in [6.07, 6.45) is 0. The number of hydrogen-bond donors (Lipinski definition) is 1. The number of nitrogens with one attached hydrogen (secondary N) is 1. The van der Waals surface area contributed by atoms with E-state index in [1.54, 1.807) is 31.6 Å². The van der Waals surface area contributed by atoms with Crippen molar-refractivity contribution in [2.45, 2.75) is 46.2 Å². The Balaban J connectivity index is 1.86. The molecule has 0 radical (unpaired) electrons. The molecule has 9 heteroatoms. The van der Waals surface area contributed by atoms with Crippen LogP contribution in [0.3, 0.4) is 0 Å². The number of hydrogen-bond acceptors (Lipinski definition) is 5. The van der Waals surface area contributed by atoms with E-state index < -0.39 is 17.8 Å². The molecular formula is C21H26FN5O3. The Hall–Kier alpha value is -3.23. The highest BCUT2D eigenvalue weighted by atomic mass is 19.1. The van der Waals surface area contributed by atoms with Crippen LogP contribution in [0.1, 0.15) is 49.7 Å². The molecule has 3 rings (SSSR count). The molecule has 0 aliphatic carbocycles. The summed E-state index contributed by atoms with van der Waals surface area (Å²) in [5.74, 6) is -0.723. The van der Waals surface area contributed by atoms with Gasteiger partial charge in [-0.05, 0) is 37.5 Å². The van der Waals surface area contributed by atoms with Gasteiger partial charge in [0, 0.05) is 7.05 Å². The smallest absolute Gasteiger partial charge is 0.278 e. The Kier molecular flexibility index (Phi) is 5.91. The number of halogens is 1. The molecule has 0 fully saturated rings. The lowest BCUT2D eigenvalue weighted by atomic mass is 10.1. The lowest BCUT2D eigenvalue weighted by molar-refractivity contribution is -0.122. The van der Waals surface area contributed by atoms with Gasteiger partial charge in [0.15, 0.2) is 11.6 Å². The van der Waals surface area contributed by atoms with Gasteiger partial charge in [-0.25, -0.2) is 9.07 Å². The zero-order valence-corrected chi connectivity index (χ0v) is 18.0. The first kappa shape index (κ1) is 21.5. The molecule has 0 spiro atoms. The summed E-state index contributed by atoms with van der Waals surface area (Å²) in [7, 11) is 3.16. The zero-order valence-electron chi connectivity index (χ0n) is 18.0. The predicted octanol–water partition coefficient (Wildman–Crippen LogP) is 2.59. The SMILES string of the molecule is COc1ccc(C(C)NC(=O)Cn2nc(C)c3c(c(C(C)C)nn3C)c2=O)cc1F. The van der Waals surface area contributed by atoms with Gasteiger partial charge in [0.25, 0.3) is 5.56 Å². The van der Waals surface area contributed by atoms with Crippen molar-refractivity contribution in [2.75, 3.05) is 7.11 Å². The van der Waals surface area contributed by atoms with Crippen LogP contribution in [-0.4, -0.2) is 32.6 Å². The number of rotatable bonds is 6. The van der Waals surface area contributed by atoms with Crippen molar-refractivity contribution in [2.24, 2.45) is 7.05 Å². The summed E-state index contributed by atoms with van der Waals surface area (Å²) in [4.78, 5) is 25.6. The number of aromatic nitrogens is 4.